The molecule has 0 aliphatic heterocycles. The minimum absolute atomic E-state index is 0.0540. The quantitative estimate of drug-likeness (QED) is 0.732. The molecule has 0 saturated heterocycles. The van der Waals surface area contributed by atoms with E-state index in [-0.39, 0.29) is 11.5 Å². The summed E-state index contributed by atoms with van der Waals surface area (Å²) in [5, 5.41) is 0. The lowest BCUT2D eigenvalue weighted by atomic mass is 10.2. The molecule has 1 aliphatic carbocycles. The number of aromatic nitrogens is 1. The standard InChI is InChI=1S/C12H15FN2O/c1-8-6-9(8)7-15(2)12(16)10-4-3-5-14-11(10)13/h3-5,8-9H,6-7H2,1-2H3. The Bertz CT molecular complexity index is 408. The molecular formula is C12H15FN2O. The first-order chi connectivity index (χ1) is 7.59. The fraction of sp³-hybridized carbons (Fsp3) is 0.500. The van der Waals surface area contributed by atoms with Crippen LogP contribution in [0.5, 0.6) is 0 Å². The fourth-order valence-corrected chi connectivity index (χ4v) is 1.84. The predicted molar refractivity (Wildman–Crippen MR) is 58.4 cm³/mol. The van der Waals surface area contributed by atoms with Gasteiger partial charge in [0.15, 0.2) is 0 Å². The van der Waals surface area contributed by atoms with Crippen molar-refractivity contribution in [3.8, 4) is 0 Å². The van der Waals surface area contributed by atoms with Gasteiger partial charge in [-0.2, -0.15) is 4.39 Å². The third-order valence-corrected chi connectivity index (χ3v) is 3.12. The Balaban J connectivity index is 2.04. The number of pyridine rings is 1. The van der Waals surface area contributed by atoms with Crippen molar-refractivity contribution in [3.63, 3.8) is 0 Å². The number of amides is 1. The lowest BCUT2D eigenvalue weighted by Gasteiger charge is -2.16. The maximum absolute atomic E-state index is 13.3. The maximum Gasteiger partial charge on any atom is 0.258 e. The van der Waals surface area contributed by atoms with E-state index in [4.69, 9.17) is 0 Å². The van der Waals surface area contributed by atoms with Gasteiger partial charge in [-0.3, -0.25) is 4.79 Å². The van der Waals surface area contributed by atoms with E-state index in [1.54, 1.807) is 18.0 Å². The van der Waals surface area contributed by atoms with E-state index < -0.39 is 5.95 Å². The van der Waals surface area contributed by atoms with Crippen molar-refractivity contribution in [2.75, 3.05) is 13.6 Å². The number of halogens is 1. The largest absolute Gasteiger partial charge is 0.341 e. The molecule has 1 fully saturated rings. The molecule has 2 rings (SSSR count). The first-order valence-corrected chi connectivity index (χ1v) is 5.45. The second kappa shape index (κ2) is 4.20. The number of nitrogens with zero attached hydrogens (tertiary/aromatic N) is 2. The van der Waals surface area contributed by atoms with Crippen LogP contribution in [-0.2, 0) is 0 Å². The Morgan fingerprint density at radius 2 is 2.38 bits per heavy atom. The number of hydrogen-bond donors (Lipinski definition) is 0. The average molecular weight is 222 g/mol. The van der Waals surface area contributed by atoms with Crippen LogP contribution in [0.15, 0.2) is 18.3 Å². The Morgan fingerprint density at radius 1 is 1.69 bits per heavy atom. The minimum atomic E-state index is -0.691. The molecule has 4 heteroatoms. The van der Waals surface area contributed by atoms with E-state index in [1.165, 1.54) is 12.3 Å². The molecule has 0 aromatic carbocycles. The van der Waals surface area contributed by atoms with Crippen LogP contribution in [0.25, 0.3) is 0 Å². The van der Waals surface area contributed by atoms with Crippen LogP contribution in [0, 0.1) is 17.8 Å². The van der Waals surface area contributed by atoms with Gasteiger partial charge in [0.2, 0.25) is 5.95 Å². The molecule has 1 aromatic heterocycles. The Labute approximate surface area is 94.3 Å². The van der Waals surface area contributed by atoms with Gasteiger partial charge in [0.05, 0.1) is 5.56 Å². The number of carbonyl (C=O) groups excluding carboxylic acids is 1. The van der Waals surface area contributed by atoms with E-state index in [0.717, 1.165) is 6.42 Å². The summed E-state index contributed by atoms with van der Waals surface area (Å²) in [4.78, 5) is 16.9. The van der Waals surface area contributed by atoms with Gasteiger partial charge in [-0.25, -0.2) is 4.98 Å². The third kappa shape index (κ3) is 2.21. The summed E-state index contributed by atoms with van der Waals surface area (Å²) >= 11 is 0. The highest BCUT2D eigenvalue weighted by molar-refractivity contribution is 5.93. The highest BCUT2D eigenvalue weighted by Gasteiger charge is 2.34. The zero-order valence-electron chi connectivity index (χ0n) is 9.48. The molecule has 0 bridgehead atoms. The number of hydrogen-bond acceptors (Lipinski definition) is 2. The lowest BCUT2D eigenvalue weighted by Crippen LogP contribution is -2.29. The Morgan fingerprint density at radius 3 is 2.94 bits per heavy atom. The van der Waals surface area contributed by atoms with Crippen LogP contribution < -0.4 is 0 Å². The van der Waals surface area contributed by atoms with Crippen molar-refractivity contribution in [3.05, 3.63) is 29.8 Å². The van der Waals surface area contributed by atoms with E-state index in [9.17, 15) is 9.18 Å². The third-order valence-electron chi connectivity index (χ3n) is 3.12. The van der Waals surface area contributed by atoms with Gasteiger partial charge in [-0.1, -0.05) is 6.92 Å². The normalized spacial score (nSPS) is 22.9. The van der Waals surface area contributed by atoms with Crippen molar-refractivity contribution in [2.24, 2.45) is 11.8 Å². The number of carbonyl (C=O) groups is 1. The summed E-state index contributed by atoms with van der Waals surface area (Å²) in [6.45, 7) is 2.86. The number of rotatable bonds is 3. The zero-order valence-corrected chi connectivity index (χ0v) is 9.48. The highest BCUT2D eigenvalue weighted by Crippen LogP contribution is 2.38. The minimum Gasteiger partial charge on any atom is -0.341 e. The smallest absolute Gasteiger partial charge is 0.258 e. The molecule has 1 heterocycles. The molecule has 16 heavy (non-hydrogen) atoms. The van der Waals surface area contributed by atoms with E-state index in [2.05, 4.69) is 11.9 Å². The molecule has 3 nitrogen and oxygen atoms in total. The predicted octanol–water partition coefficient (Wildman–Crippen LogP) is 1.95. The Hall–Kier alpha value is -1.45. The topological polar surface area (TPSA) is 33.2 Å². The summed E-state index contributed by atoms with van der Waals surface area (Å²) in [5.41, 5.74) is 0.0540. The first kappa shape index (κ1) is 11.0. The van der Waals surface area contributed by atoms with E-state index in [0.29, 0.717) is 18.4 Å². The molecule has 1 aromatic rings. The van der Waals surface area contributed by atoms with Crippen LogP contribution >= 0.6 is 0 Å². The van der Waals surface area contributed by atoms with Crippen molar-refractivity contribution in [1.82, 2.24) is 9.88 Å². The van der Waals surface area contributed by atoms with Crippen LogP contribution in [0.3, 0.4) is 0 Å². The molecule has 0 spiro atoms. The van der Waals surface area contributed by atoms with Gasteiger partial charge in [0.25, 0.3) is 5.91 Å². The van der Waals surface area contributed by atoms with Crippen LogP contribution in [0.2, 0.25) is 0 Å². The van der Waals surface area contributed by atoms with Crippen molar-refractivity contribution >= 4 is 5.91 Å². The van der Waals surface area contributed by atoms with E-state index >= 15 is 0 Å². The summed E-state index contributed by atoms with van der Waals surface area (Å²) in [6, 6.07) is 3.04. The molecule has 0 radical (unpaired) electrons. The second-order valence-electron chi connectivity index (χ2n) is 4.50. The second-order valence-corrected chi connectivity index (χ2v) is 4.50. The van der Waals surface area contributed by atoms with Crippen molar-refractivity contribution in [1.29, 1.82) is 0 Å². The lowest BCUT2D eigenvalue weighted by molar-refractivity contribution is 0.0781. The SMILES string of the molecule is CC1CC1CN(C)C(=O)c1cccnc1F. The van der Waals surface area contributed by atoms with Crippen LogP contribution in [0.4, 0.5) is 4.39 Å². The molecule has 0 N–H and O–H groups in total. The van der Waals surface area contributed by atoms with Gasteiger partial charge in [0, 0.05) is 19.8 Å². The molecule has 1 amide bonds. The van der Waals surface area contributed by atoms with Crippen molar-refractivity contribution < 1.29 is 9.18 Å². The van der Waals surface area contributed by atoms with Gasteiger partial charge in [-0.15, -0.1) is 0 Å². The molecule has 1 saturated carbocycles. The monoisotopic (exact) mass is 222 g/mol. The van der Waals surface area contributed by atoms with Crippen molar-refractivity contribution in [2.45, 2.75) is 13.3 Å². The van der Waals surface area contributed by atoms with Gasteiger partial charge < -0.3 is 4.90 Å². The molecule has 1 aliphatic rings. The first-order valence-electron chi connectivity index (χ1n) is 5.45. The maximum atomic E-state index is 13.3. The fourth-order valence-electron chi connectivity index (χ4n) is 1.84. The van der Waals surface area contributed by atoms with Gasteiger partial charge in [-0.05, 0) is 30.4 Å². The molecular weight excluding hydrogens is 207 g/mol. The average Bonchev–Trinajstić information content (AvgIpc) is 2.94. The van der Waals surface area contributed by atoms with Crippen LogP contribution in [0.1, 0.15) is 23.7 Å². The zero-order chi connectivity index (χ0) is 11.7. The Kier molecular flexibility index (Phi) is 2.90. The summed E-state index contributed by atoms with van der Waals surface area (Å²) in [5.74, 6) is 0.288. The molecule has 86 valence electrons. The molecule has 2 atom stereocenters. The summed E-state index contributed by atoms with van der Waals surface area (Å²) in [7, 11) is 1.71. The highest BCUT2D eigenvalue weighted by atomic mass is 19.1. The summed E-state index contributed by atoms with van der Waals surface area (Å²) < 4.78 is 13.3. The van der Waals surface area contributed by atoms with Crippen LogP contribution in [-0.4, -0.2) is 29.4 Å². The molecule has 2 unspecified atom stereocenters. The van der Waals surface area contributed by atoms with Gasteiger partial charge >= 0.3 is 0 Å². The van der Waals surface area contributed by atoms with E-state index in [1.807, 2.05) is 0 Å². The van der Waals surface area contributed by atoms with Gasteiger partial charge in [0.1, 0.15) is 0 Å². The summed E-state index contributed by atoms with van der Waals surface area (Å²) in [6.07, 6.45) is 2.50.